The van der Waals surface area contributed by atoms with Crippen molar-refractivity contribution in [1.82, 2.24) is 25.3 Å². The number of hydrogen-bond acceptors (Lipinski definition) is 5. The Morgan fingerprint density at radius 3 is 2.70 bits per heavy atom. The molecule has 3 amide bonds. The molecule has 1 aliphatic carbocycles. The zero-order valence-corrected chi connectivity index (χ0v) is 19.4. The summed E-state index contributed by atoms with van der Waals surface area (Å²) in [6.07, 6.45) is 4.13. The Labute approximate surface area is 193 Å². The molecule has 1 aliphatic heterocycles. The first kappa shape index (κ1) is 22.8. The lowest BCUT2D eigenvalue weighted by molar-refractivity contribution is -0.133. The predicted molar refractivity (Wildman–Crippen MR) is 122 cm³/mol. The minimum atomic E-state index is -1.08. The highest BCUT2D eigenvalue weighted by molar-refractivity contribution is 6.01. The molecule has 1 aromatic carbocycles. The molecule has 0 saturated heterocycles. The first-order valence-corrected chi connectivity index (χ1v) is 11.5. The van der Waals surface area contributed by atoms with Gasteiger partial charge in [-0.1, -0.05) is 31.0 Å². The van der Waals surface area contributed by atoms with Gasteiger partial charge < -0.3 is 20.3 Å². The maximum Gasteiger partial charge on any atom is 0.272 e. The molecule has 33 heavy (non-hydrogen) atoms. The van der Waals surface area contributed by atoms with Gasteiger partial charge in [0.05, 0.1) is 13.2 Å². The number of benzene rings is 1. The molecule has 0 bridgehead atoms. The number of amides is 3. The summed E-state index contributed by atoms with van der Waals surface area (Å²) in [5, 5.41) is 10.3. The van der Waals surface area contributed by atoms with E-state index in [9.17, 15) is 14.4 Å². The third-order valence-corrected chi connectivity index (χ3v) is 6.63. The molecule has 2 N–H and O–H groups in total. The largest absolute Gasteiger partial charge is 0.494 e. The highest BCUT2D eigenvalue weighted by Gasteiger charge is 2.46. The van der Waals surface area contributed by atoms with E-state index in [0.29, 0.717) is 18.1 Å². The summed E-state index contributed by atoms with van der Waals surface area (Å²) < 4.78 is 7.07. The fraction of sp³-hybridized carbons (Fsp3) is 0.500. The summed E-state index contributed by atoms with van der Waals surface area (Å²) in [6, 6.07) is 9.13. The van der Waals surface area contributed by atoms with Gasteiger partial charge in [0.1, 0.15) is 17.0 Å². The van der Waals surface area contributed by atoms with Crippen molar-refractivity contribution in [2.45, 2.75) is 64.2 Å². The van der Waals surface area contributed by atoms with E-state index in [1.165, 1.54) is 15.6 Å². The second-order valence-electron chi connectivity index (χ2n) is 8.89. The molecule has 9 nitrogen and oxygen atoms in total. The lowest BCUT2D eigenvalue weighted by Crippen LogP contribution is -2.63. The van der Waals surface area contributed by atoms with Crippen LogP contribution in [0.1, 0.15) is 66.1 Å². The molecule has 2 heterocycles. The minimum Gasteiger partial charge on any atom is -0.494 e. The van der Waals surface area contributed by atoms with Crippen molar-refractivity contribution in [2.24, 2.45) is 0 Å². The van der Waals surface area contributed by atoms with Crippen LogP contribution in [0.2, 0.25) is 0 Å². The lowest BCUT2D eigenvalue weighted by Gasteiger charge is -2.41. The topological polar surface area (TPSA) is 106 Å². The number of nitrogens with one attached hydrogen (secondary N) is 2. The number of nitrogens with zero attached hydrogens (tertiary/aromatic N) is 3. The van der Waals surface area contributed by atoms with Crippen LogP contribution in [0.3, 0.4) is 0 Å². The molecule has 4 rings (SSSR count). The van der Waals surface area contributed by atoms with Crippen molar-refractivity contribution in [2.75, 3.05) is 13.7 Å². The molecule has 2 aromatic rings. The van der Waals surface area contributed by atoms with Gasteiger partial charge in [-0.25, -0.2) is 0 Å². The fourth-order valence-electron chi connectivity index (χ4n) is 4.46. The SMILES string of the molecule is CCOc1ccccc1CNC(=O)c1cc2n(n1)C[C@](C)(C(=O)NC1CCCC1)N(C)C2=O. The van der Waals surface area contributed by atoms with Gasteiger partial charge in [0, 0.05) is 31.3 Å². The average molecular weight is 454 g/mol. The predicted octanol–water partition coefficient (Wildman–Crippen LogP) is 2.11. The Balaban J connectivity index is 1.48. The molecule has 0 radical (unpaired) electrons. The number of para-hydroxylation sites is 1. The maximum absolute atomic E-state index is 13.1. The van der Waals surface area contributed by atoms with Crippen molar-refractivity contribution < 1.29 is 19.1 Å². The number of ether oxygens (including phenoxy) is 1. The van der Waals surface area contributed by atoms with Gasteiger partial charge in [-0.2, -0.15) is 5.10 Å². The third-order valence-electron chi connectivity index (χ3n) is 6.63. The van der Waals surface area contributed by atoms with Crippen LogP contribution in [-0.2, 0) is 17.9 Å². The highest BCUT2D eigenvalue weighted by Crippen LogP contribution is 2.27. The van der Waals surface area contributed by atoms with Crippen molar-refractivity contribution in [1.29, 1.82) is 0 Å². The lowest BCUT2D eigenvalue weighted by atomic mass is 9.95. The minimum absolute atomic E-state index is 0.140. The van der Waals surface area contributed by atoms with Gasteiger partial charge in [-0.15, -0.1) is 0 Å². The summed E-state index contributed by atoms with van der Waals surface area (Å²) in [5.74, 6) is -0.204. The highest BCUT2D eigenvalue weighted by atomic mass is 16.5. The first-order valence-electron chi connectivity index (χ1n) is 11.5. The normalized spacial score (nSPS) is 20.5. The van der Waals surface area contributed by atoms with E-state index in [-0.39, 0.29) is 36.6 Å². The number of aromatic nitrogens is 2. The van der Waals surface area contributed by atoms with E-state index in [1.54, 1.807) is 14.0 Å². The van der Waals surface area contributed by atoms with Crippen molar-refractivity contribution >= 4 is 17.7 Å². The molecule has 176 valence electrons. The van der Waals surface area contributed by atoms with Crippen molar-refractivity contribution in [3.05, 3.63) is 47.3 Å². The van der Waals surface area contributed by atoms with Gasteiger partial charge in [0.2, 0.25) is 5.91 Å². The Morgan fingerprint density at radius 1 is 1.24 bits per heavy atom. The summed E-state index contributed by atoms with van der Waals surface area (Å²) in [7, 11) is 1.62. The summed E-state index contributed by atoms with van der Waals surface area (Å²) in [5.41, 5.74) is 0.205. The van der Waals surface area contributed by atoms with Crippen LogP contribution < -0.4 is 15.4 Å². The summed E-state index contributed by atoms with van der Waals surface area (Å²) in [4.78, 5) is 40.4. The molecular formula is C24H31N5O4. The number of rotatable bonds is 7. The van der Waals surface area contributed by atoms with E-state index in [0.717, 1.165) is 31.2 Å². The average Bonchev–Trinajstić information content (AvgIpc) is 3.47. The van der Waals surface area contributed by atoms with E-state index in [1.807, 2.05) is 31.2 Å². The van der Waals surface area contributed by atoms with Crippen LogP contribution in [0.15, 0.2) is 30.3 Å². The van der Waals surface area contributed by atoms with Crippen LogP contribution in [0, 0.1) is 0 Å². The Bertz CT molecular complexity index is 1060. The van der Waals surface area contributed by atoms with Gasteiger partial charge in [0.25, 0.3) is 11.8 Å². The van der Waals surface area contributed by atoms with E-state index >= 15 is 0 Å². The van der Waals surface area contributed by atoms with Gasteiger partial charge in [-0.3, -0.25) is 19.1 Å². The van der Waals surface area contributed by atoms with Crippen molar-refractivity contribution in [3.63, 3.8) is 0 Å². The summed E-state index contributed by atoms with van der Waals surface area (Å²) in [6.45, 7) is 4.63. The molecule has 1 atom stereocenters. The number of hydrogen-bond donors (Lipinski definition) is 2. The molecule has 9 heteroatoms. The van der Waals surface area contributed by atoms with Crippen LogP contribution in [0.4, 0.5) is 0 Å². The number of carbonyl (C=O) groups is 3. The molecule has 1 saturated carbocycles. The monoisotopic (exact) mass is 453 g/mol. The van der Waals surface area contributed by atoms with E-state index < -0.39 is 11.4 Å². The third kappa shape index (κ3) is 4.44. The number of likely N-dealkylation sites (N-methyl/N-ethyl adjacent to an activating group) is 1. The Morgan fingerprint density at radius 2 is 1.97 bits per heavy atom. The molecule has 0 spiro atoms. The first-order chi connectivity index (χ1) is 15.8. The molecule has 1 fully saturated rings. The molecule has 1 aromatic heterocycles. The molecular weight excluding hydrogens is 422 g/mol. The second kappa shape index (κ2) is 9.25. The molecule has 0 unspecified atom stereocenters. The van der Waals surface area contributed by atoms with Crippen LogP contribution in [-0.4, -0.2) is 57.6 Å². The number of fused-ring (bicyclic) bond motifs is 1. The number of carbonyl (C=O) groups excluding carboxylic acids is 3. The van der Waals surface area contributed by atoms with Gasteiger partial charge in [0.15, 0.2) is 5.69 Å². The quantitative estimate of drug-likeness (QED) is 0.668. The zero-order valence-electron chi connectivity index (χ0n) is 19.4. The Kier molecular flexibility index (Phi) is 6.40. The van der Waals surface area contributed by atoms with Crippen molar-refractivity contribution in [3.8, 4) is 5.75 Å². The molecule has 2 aliphatic rings. The fourth-order valence-corrected chi connectivity index (χ4v) is 4.46. The van der Waals surface area contributed by atoms with E-state index in [4.69, 9.17) is 4.74 Å². The smallest absolute Gasteiger partial charge is 0.272 e. The van der Waals surface area contributed by atoms with Crippen LogP contribution in [0.25, 0.3) is 0 Å². The van der Waals surface area contributed by atoms with Gasteiger partial charge in [-0.05, 0) is 32.8 Å². The van der Waals surface area contributed by atoms with Crippen LogP contribution >= 0.6 is 0 Å². The van der Waals surface area contributed by atoms with Gasteiger partial charge >= 0.3 is 0 Å². The zero-order chi connectivity index (χ0) is 23.6. The second-order valence-corrected chi connectivity index (χ2v) is 8.89. The maximum atomic E-state index is 13.1. The van der Waals surface area contributed by atoms with E-state index in [2.05, 4.69) is 15.7 Å². The van der Waals surface area contributed by atoms with Crippen LogP contribution in [0.5, 0.6) is 5.75 Å². The summed E-state index contributed by atoms with van der Waals surface area (Å²) >= 11 is 0. The Hall–Kier alpha value is -3.36. The standard InChI is InChI=1S/C24H31N5O4/c1-4-33-20-12-8-5-9-16(20)14-25-21(30)18-13-19-22(31)28(3)24(2,15-29(19)27-18)23(32)26-17-10-6-7-11-17/h5,8-9,12-13,17H,4,6-7,10-11,14-15H2,1-3H3,(H,25,30)(H,26,32)/t24-/m1/s1.